The van der Waals surface area contributed by atoms with Crippen molar-refractivity contribution in [1.29, 1.82) is 0 Å². The number of rotatable bonds is 6. The predicted octanol–water partition coefficient (Wildman–Crippen LogP) is 3.92. The number of para-hydroxylation sites is 1. The molecule has 1 N–H and O–H groups in total. The van der Waals surface area contributed by atoms with Crippen LogP contribution < -0.4 is 15.6 Å². The zero-order valence-corrected chi connectivity index (χ0v) is 18.4. The van der Waals surface area contributed by atoms with Gasteiger partial charge in [0.1, 0.15) is 23.8 Å². The maximum Gasteiger partial charge on any atom is 0.295 e. The monoisotopic (exact) mass is 432 g/mol. The number of nitrogens with one attached hydrogen (secondary N) is 1. The van der Waals surface area contributed by atoms with Crippen LogP contribution in [-0.2, 0) is 13.7 Å². The molecule has 0 fully saturated rings. The summed E-state index contributed by atoms with van der Waals surface area (Å²) < 4.78 is 14.2. The Hall–Kier alpha value is -4.07. The molecule has 2 aromatic heterocycles. The number of hydrogen-bond donors (Lipinski definition) is 1. The van der Waals surface area contributed by atoms with Crippen LogP contribution in [-0.4, -0.2) is 20.4 Å². The lowest BCUT2D eigenvalue weighted by Gasteiger charge is -2.08. The van der Waals surface area contributed by atoms with Crippen LogP contribution in [0.2, 0.25) is 0 Å². The Morgan fingerprint density at radius 1 is 1.06 bits per heavy atom. The summed E-state index contributed by atoms with van der Waals surface area (Å²) in [6, 6.07) is 16.0. The van der Waals surface area contributed by atoms with Crippen molar-refractivity contribution in [2.45, 2.75) is 27.4 Å². The number of hydrogen-bond acceptors (Lipinski definition) is 5. The van der Waals surface area contributed by atoms with E-state index in [9.17, 15) is 9.59 Å². The average Bonchev–Trinajstić information content (AvgIpc) is 3.23. The number of carbonyl (C=O) groups is 1. The number of benzene rings is 2. The molecule has 0 saturated heterocycles. The Balaban J connectivity index is 1.49. The van der Waals surface area contributed by atoms with E-state index in [1.165, 1.54) is 4.68 Å². The summed E-state index contributed by atoms with van der Waals surface area (Å²) in [6.45, 7) is 5.82. The van der Waals surface area contributed by atoms with E-state index in [-0.39, 0.29) is 17.2 Å². The lowest BCUT2D eigenvalue weighted by molar-refractivity contribution is 0.102. The van der Waals surface area contributed by atoms with Gasteiger partial charge in [-0.25, -0.2) is 4.68 Å². The van der Waals surface area contributed by atoms with Crippen LogP contribution in [0.15, 0.2) is 63.9 Å². The Labute approximate surface area is 185 Å². The lowest BCUT2D eigenvalue weighted by Crippen LogP contribution is -2.22. The van der Waals surface area contributed by atoms with Gasteiger partial charge in [0, 0.05) is 12.6 Å². The van der Waals surface area contributed by atoms with Crippen molar-refractivity contribution in [3.05, 3.63) is 93.2 Å². The molecule has 0 radical (unpaired) electrons. The van der Waals surface area contributed by atoms with Gasteiger partial charge in [-0.15, -0.1) is 0 Å². The zero-order valence-electron chi connectivity index (χ0n) is 18.4. The minimum atomic E-state index is -0.367. The molecule has 0 aliphatic carbocycles. The topological polar surface area (TPSA) is 91.3 Å². The van der Waals surface area contributed by atoms with Gasteiger partial charge < -0.3 is 14.6 Å². The van der Waals surface area contributed by atoms with Gasteiger partial charge in [0.05, 0.1) is 22.6 Å². The number of aromatic nitrogens is 3. The molecule has 8 nitrogen and oxygen atoms in total. The van der Waals surface area contributed by atoms with Gasteiger partial charge in [0.15, 0.2) is 0 Å². The first-order valence-corrected chi connectivity index (χ1v) is 10.2. The summed E-state index contributed by atoms with van der Waals surface area (Å²) in [5.41, 5.74) is 3.46. The van der Waals surface area contributed by atoms with Gasteiger partial charge in [0.25, 0.3) is 11.5 Å². The van der Waals surface area contributed by atoms with E-state index in [0.717, 1.165) is 22.7 Å². The van der Waals surface area contributed by atoms with Crippen LogP contribution in [0, 0.1) is 20.8 Å². The van der Waals surface area contributed by atoms with Crippen molar-refractivity contribution in [3.63, 3.8) is 0 Å². The molecule has 32 heavy (non-hydrogen) atoms. The van der Waals surface area contributed by atoms with E-state index in [1.807, 2.05) is 44.2 Å². The SMILES string of the molecule is Cc1noc(C)c1COc1ccc(C(=O)Nc2c(C)n(C)n(-c3ccccc3)c2=O)cc1. The molecule has 0 spiro atoms. The first-order valence-electron chi connectivity index (χ1n) is 10.2. The third-order valence-electron chi connectivity index (χ3n) is 5.47. The quantitative estimate of drug-likeness (QED) is 0.499. The van der Waals surface area contributed by atoms with E-state index in [0.29, 0.717) is 23.6 Å². The average molecular weight is 432 g/mol. The van der Waals surface area contributed by atoms with Crippen LogP contribution in [0.1, 0.15) is 33.1 Å². The second-order valence-corrected chi connectivity index (χ2v) is 7.51. The van der Waals surface area contributed by atoms with Crippen molar-refractivity contribution in [3.8, 4) is 11.4 Å². The third-order valence-corrected chi connectivity index (χ3v) is 5.47. The summed E-state index contributed by atoms with van der Waals surface area (Å²) >= 11 is 0. The molecule has 0 unspecified atom stereocenters. The minimum absolute atomic E-state index is 0.250. The molecule has 4 aromatic rings. The zero-order chi connectivity index (χ0) is 22.8. The fourth-order valence-corrected chi connectivity index (χ4v) is 3.46. The summed E-state index contributed by atoms with van der Waals surface area (Å²) in [5, 5.41) is 6.67. The van der Waals surface area contributed by atoms with Crippen LogP contribution in [0.25, 0.3) is 5.69 Å². The van der Waals surface area contributed by atoms with Crippen molar-refractivity contribution in [1.82, 2.24) is 14.5 Å². The van der Waals surface area contributed by atoms with Gasteiger partial charge in [-0.05, 0) is 57.2 Å². The van der Waals surface area contributed by atoms with Gasteiger partial charge >= 0.3 is 0 Å². The molecular weight excluding hydrogens is 408 g/mol. The maximum atomic E-state index is 13.0. The predicted molar refractivity (Wildman–Crippen MR) is 120 cm³/mol. The Morgan fingerprint density at radius 3 is 2.38 bits per heavy atom. The molecule has 0 bridgehead atoms. The van der Waals surface area contributed by atoms with Gasteiger partial charge in [-0.2, -0.15) is 0 Å². The highest BCUT2D eigenvalue weighted by Gasteiger charge is 2.19. The highest BCUT2D eigenvalue weighted by Crippen LogP contribution is 2.19. The number of carbonyl (C=O) groups excluding carboxylic acids is 1. The Bertz CT molecular complexity index is 1300. The molecule has 0 aliphatic heterocycles. The molecule has 8 heteroatoms. The molecule has 1 amide bonds. The first-order chi connectivity index (χ1) is 15.4. The Kier molecular flexibility index (Phi) is 5.68. The van der Waals surface area contributed by atoms with E-state index in [4.69, 9.17) is 9.26 Å². The summed E-state index contributed by atoms with van der Waals surface area (Å²) in [6.07, 6.45) is 0. The van der Waals surface area contributed by atoms with Crippen molar-refractivity contribution < 1.29 is 14.1 Å². The minimum Gasteiger partial charge on any atom is -0.489 e. The molecule has 0 atom stereocenters. The smallest absolute Gasteiger partial charge is 0.295 e. The van der Waals surface area contributed by atoms with Crippen LogP contribution in [0.4, 0.5) is 5.69 Å². The molecule has 2 aromatic carbocycles. The molecule has 0 aliphatic rings. The van der Waals surface area contributed by atoms with Crippen molar-refractivity contribution in [2.75, 3.05) is 5.32 Å². The van der Waals surface area contributed by atoms with Crippen molar-refractivity contribution in [2.24, 2.45) is 7.05 Å². The van der Waals surface area contributed by atoms with E-state index >= 15 is 0 Å². The third kappa shape index (κ3) is 3.94. The molecule has 2 heterocycles. The molecule has 0 saturated carbocycles. The molecule has 4 rings (SSSR count). The summed E-state index contributed by atoms with van der Waals surface area (Å²) in [4.78, 5) is 25.8. The first kappa shape index (κ1) is 21.2. The maximum absolute atomic E-state index is 13.0. The van der Waals surface area contributed by atoms with Crippen LogP contribution in [0.3, 0.4) is 0 Å². The van der Waals surface area contributed by atoms with E-state index in [2.05, 4.69) is 10.5 Å². The van der Waals surface area contributed by atoms with Gasteiger partial charge in [-0.3, -0.25) is 14.3 Å². The number of nitrogens with zero attached hydrogens (tertiary/aromatic N) is 3. The lowest BCUT2D eigenvalue weighted by atomic mass is 10.2. The van der Waals surface area contributed by atoms with E-state index < -0.39 is 0 Å². The normalized spacial score (nSPS) is 10.9. The Morgan fingerprint density at radius 2 is 1.75 bits per heavy atom. The fourth-order valence-electron chi connectivity index (χ4n) is 3.46. The van der Waals surface area contributed by atoms with Gasteiger partial charge in [0.2, 0.25) is 0 Å². The second-order valence-electron chi connectivity index (χ2n) is 7.51. The largest absolute Gasteiger partial charge is 0.489 e. The highest BCUT2D eigenvalue weighted by molar-refractivity contribution is 6.04. The van der Waals surface area contributed by atoms with Gasteiger partial charge in [-0.1, -0.05) is 23.4 Å². The number of anilines is 1. The van der Waals surface area contributed by atoms with E-state index in [1.54, 1.807) is 42.9 Å². The molecule has 164 valence electrons. The van der Waals surface area contributed by atoms with Crippen LogP contribution in [0.5, 0.6) is 5.75 Å². The number of amides is 1. The number of aryl methyl sites for hydroxylation is 2. The number of ether oxygens (including phenoxy) is 1. The second kappa shape index (κ2) is 8.58. The summed E-state index contributed by atoms with van der Waals surface area (Å²) in [5.74, 6) is 0.968. The summed E-state index contributed by atoms with van der Waals surface area (Å²) in [7, 11) is 1.78. The van der Waals surface area contributed by atoms with Crippen LogP contribution >= 0.6 is 0 Å². The van der Waals surface area contributed by atoms with Crippen molar-refractivity contribution >= 4 is 11.6 Å². The highest BCUT2D eigenvalue weighted by atomic mass is 16.5. The molecular formula is C24H24N4O4. The fraction of sp³-hybridized carbons (Fsp3) is 0.208. The standard InChI is InChI=1S/C24H24N4O4/c1-15-21(17(3)32-26-15)14-31-20-12-10-18(11-13-20)23(29)25-22-16(2)27(4)28(24(22)30)19-8-6-5-7-9-19/h5-13H,14H2,1-4H3,(H,25,29).